The van der Waals surface area contributed by atoms with Gasteiger partial charge in [-0.2, -0.15) is 0 Å². The molecule has 7 heteroatoms. The van der Waals surface area contributed by atoms with Crippen molar-refractivity contribution in [2.75, 3.05) is 6.54 Å². The van der Waals surface area contributed by atoms with Crippen LogP contribution in [0.4, 0.5) is 4.39 Å². The summed E-state index contributed by atoms with van der Waals surface area (Å²) in [5.74, 6) is -0.0622. The topological polar surface area (TPSA) is 58.1 Å². The van der Waals surface area contributed by atoms with Crippen molar-refractivity contribution in [1.29, 1.82) is 0 Å². The quantitative estimate of drug-likeness (QED) is 0.386. The molecule has 2 aromatic carbocycles. The minimum atomic E-state index is -0.233. The maximum Gasteiger partial charge on any atom is 0.262 e. The Hall–Kier alpha value is -2.80. The standard InChI is InChI=1S/C25H28FN3O2S/c26-19-9-6-8-18(16-19)17-20-10-7-15-28(20)23(30)13-2-1-5-14-29-24(31)21-11-3-4-12-22(21)27-25(29)32/h3-4,6,8-9,11-12,16,20H,1-2,5,7,10,13-15,17H2,(H,27,32). The zero-order chi connectivity index (χ0) is 22.5. The van der Waals surface area contributed by atoms with E-state index in [-0.39, 0.29) is 23.3 Å². The number of hydrogen-bond donors (Lipinski definition) is 1. The predicted molar refractivity (Wildman–Crippen MR) is 127 cm³/mol. The fourth-order valence-electron chi connectivity index (χ4n) is 4.58. The van der Waals surface area contributed by atoms with Gasteiger partial charge in [-0.1, -0.05) is 30.7 Å². The molecule has 0 bridgehead atoms. The highest BCUT2D eigenvalue weighted by molar-refractivity contribution is 7.71. The summed E-state index contributed by atoms with van der Waals surface area (Å²) in [5.41, 5.74) is 1.62. The molecule has 168 valence electrons. The van der Waals surface area contributed by atoms with Gasteiger partial charge in [0.25, 0.3) is 5.56 Å². The molecule has 1 atom stereocenters. The average molecular weight is 454 g/mol. The van der Waals surface area contributed by atoms with Crippen LogP contribution in [0.2, 0.25) is 0 Å². The van der Waals surface area contributed by atoms with Crippen molar-refractivity contribution in [2.45, 2.75) is 57.5 Å². The first-order valence-electron chi connectivity index (χ1n) is 11.3. The summed E-state index contributed by atoms with van der Waals surface area (Å²) < 4.78 is 15.5. The lowest BCUT2D eigenvalue weighted by Crippen LogP contribution is -2.36. The summed E-state index contributed by atoms with van der Waals surface area (Å²) in [6, 6.07) is 14.2. The number of likely N-dealkylation sites (tertiary alicyclic amines) is 1. The van der Waals surface area contributed by atoms with Gasteiger partial charge in [-0.15, -0.1) is 0 Å². The van der Waals surface area contributed by atoms with Crippen molar-refractivity contribution in [3.05, 3.63) is 75.0 Å². The van der Waals surface area contributed by atoms with E-state index in [1.165, 1.54) is 6.07 Å². The summed E-state index contributed by atoms with van der Waals surface area (Å²) in [4.78, 5) is 30.6. The molecule has 1 aliphatic rings. The van der Waals surface area contributed by atoms with E-state index in [2.05, 4.69) is 4.98 Å². The molecule has 1 saturated heterocycles. The van der Waals surface area contributed by atoms with Gasteiger partial charge in [0.1, 0.15) is 5.82 Å². The van der Waals surface area contributed by atoms with Crippen LogP contribution >= 0.6 is 12.2 Å². The molecule has 5 nitrogen and oxygen atoms in total. The van der Waals surface area contributed by atoms with Crippen molar-refractivity contribution >= 4 is 29.0 Å². The van der Waals surface area contributed by atoms with E-state index < -0.39 is 0 Å². The lowest BCUT2D eigenvalue weighted by atomic mass is 10.0. The summed E-state index contributed by atoms with van der Waals surface area (Å²) in [6.45, 7) is 1.32. The number of rotatable bonds is 8. The monoisotopic (exact) mass is 453 g/mol. The smallest absolute Gasteiger partial charge is 0.262 e. The Morgan fingerprint density at radius 1 is 1.12 bits per heavy atom. The first-order valence-corrected chi connectivity index (χ1v) is 11.7. The van der Waals surface area contributed by atoms with Gasteiger partial charge < -0.3 is 9.88 Å². The van der Waals surface area contributed by atoms with Gasteiger partial charge in [-0.3, -0.25) is 14.2 Å². The normalized spacial score (nSPS) is 16.0. The first-order chi connectivity index (χ1) is 15.5. The zero-order valence-electron chi connectivity index (χ0n) is 18.1. The Balaban J connectivity index is 1.27. The lowest BCUT2D eigenvalue weighted by Gasteiger charge is -2.25. The summed E-state index contributed by atoms with van der Waals surface area (Å²) in [7, 11) is 0. The largest absolute Gasteiger partial charge is 0.339 e. The number of H-pyrrole nitrogens is 1. The molecular weight excluding hydrogens is 425 g/mol. The minimum absolute atomic E-state index is 0.0716. The van der Waals surface area contributed by atoms with Crippen LogP contribution in [-0.2, 0) is 17.8 Å². The van der Waals surface area contributed by atoms with Crippen LogP contribution < -0.4 is 5.56 Å². The van der Waals surface area contributed by atoms with Crippen LogP contribution in [0.3, 0.4) is 0 Å². The Bertz CT molecular complexity index is 1220. The van der Waals surface area contributed by atoms with Crippen LogP contribution in [0.15, 0.2) is 53.3 Å². The number of para-hydroxylation sites is 1. The van der Waals surface area contributed by atoms with Crippen molar-refractivity contribution < 1.29 is 9.18 Å². The molecule has 1 N–H and O–H groups in total. The number of carbonyl (C=O) groups excluding carboxylic acids is 1. The van der Waals surface area contributed by atoms with Gasteiger partial charge in [-0.05, 0) is 74.2 Å². The number of amides is 1. The molecule has 0 spiro atoms. The van der Waals surface area contributed by atoms with E-state index in [1.54, 1.807) is 22.8 Å². The molecule has 1 fully saturated rings. The van der Waals surface area contributed by atoms with Gasteiger partial charge >= 0.3 is 0 Å². The molecule has 0 saturated carbocycles. The Morgan fingerprint density at radius 3 is 2.81 bits per heavy atom. The third kappa shape index (κ3) is 5.15. The number of fused-ring (bicyclic) bond motifs is 1. The summed E-state index contributed by atoms with van der Waals surface area (Å²) >= 11 is 5.36. The molecule has 1 unspecified atom stereocenters. The van der Waals surface area contributed by atoms with E-state index in [4.69, 9.17) is 12.2 Å². The fourth-order valence-corrected chi connectivity index (χ4v) is 4.86. The maximum atomic E-state index is 13.5. The van der Waals surface area contributed by atoms with E-state index in [9.17, 15) is 14.0 Å². The van der Waals surface area contributed by atoms with Crippen LogP contribution in [-0.4, -0.2) is 32.9 Å². The van der Waals surface area contributed by atoms with Crippen LogP contribution in [0.1, 0.15) is 44.1 Å². The third-order valence-corrected chi connectivity index (χ3v) is 6.54. The third-order valence-electron chi connectivity index (χ3n) is 6.22. The van der Waals surface area contributed by atoms with E-state index in [1.807, 2.05) is 29.2 Å². The second kappa shape index (κ2) is 10.2. The van der Waals surface area contributed by atoms with Gasteiger partial charge in [0.05, 0.1) is 10.9 Å². The number of aromatic nitrogens is 2. The second-order valence-electron chi connectivity index (χ2n) is 8.46. The van der Waals surface area contributed by atoms with Crippen molar-refractivity contribution in [1.82, 2.24) is 14.5 Å². The molecule has 3 aromatic rings. The molecule has 1 aliphatic heterocycles. The number of nitrogens with one attached hydrogen (secondary N) is 1. The Kier molecular flexibility index (Phi) is 7.15. The van der Waals surface area contributed by atoms with Crippen molar-refractivity contribution in [3.63, 3.8) is 0 Å². The van der Waals surface area contributed by atoms with Crippen LogP contribution in [0.5, 0.6) is 0 Å². The van der Waals surface area contributed by atoms with E-state index >= 15 is 0 Å². The highest BCUT2D eigenvalue weighted by Crippen LogP contribution is 2.23. The summed E-state index contributed by atoms with van der Waals surface area (Å²) in [5, 5.41) is 0.634. The molecule has 2 heterocycles. The molecule has 4 rings (SSSR count). The highest BCUT2D eigenvalue weighted by Gasteiger charge is 2.28. The molecule has 0 aliphatic carbocycles. The highest BCUT2D eigenvalue weighted by atomic mass is 32.1. The number of unbranched alkanes of at least 4 members (excludes halogenated alkanes) is 2. The lowest BCUT2D eigenvalue weighted by molar-refractivity contribution is -0.132. The van der Waals surface area contributed by atoms with Crippen LogP contribution in [0.25, 0.3) is 10.9 Å². The van der Waals surface area contributed by atoms with Crippen molar-refractivity contribution in [3.8, 4) is 0 Å². The number of benzene rings is 2. The molecule has 0 radical (unpaired) electrons. The molecule has 32 heavy (non-hydrogen) atoms. The number of carbonyl (C=O) groups is 1. The average Bonchev–Trinajstić information content (AvgIpc) is 3.23. The number of nitrogens with zero attached hydrogens (tertiary/aromatic N) is 2. The summed E-state index contributed by atoms with van der Waals surface area (Å²) in [6.07, 6.45) is 5.57. The number of aromatic amines is 1. The number of hydrogen-bond acceptors (Lipinski definition) is 3. The second-order valence-corrected chi connectivity index (χ2v) is 8.85. The van der Waals surface area contributed by atoms with Gasteiger partial charge in [0.15, 0.2) is 4.77 Å². The van der Waals surface area contributed by atoms with Gasteiger partial charge in [0.2, 0.25) is 5.91 Å². The van der Waals surface area contributed by atoms with Crippen LogP contribution in [0, 0.1) is 10.6 Å². The van der Waals surface area contributed by atoms with E-state index in [0.29, 0.717) is 29.5 Å². The maximum absolute atomic E-state index is 13.5. The van der Waals surface area contributed by atoms with Gasteiger partial charge in [0, 0.05) is 25.6 Å². The number of halogens is 1. The van der Waals surface area contributed by atoms with Gasteiger partial charge in [-0.25, -0.2) is 4.39 Å². The molecule has 1 aromatic heterocycles. The fraction of sp³-hybridized carbons (Fsp3) is 0.400. The minimum Gasteiger partial charge on any atom is -0.339 e. The zero-order valence-corrected chi connectivity index (χ0v) is 18.9. The molecular formula is C25H28FN3O2S. The Labute approximate surface area is 191 Å². The molecule has 1 amide bonds. The van der Waals surface area contributed by atoms with Crippen molar-refractivity contribution in [2.24, 2.45) is 0 Å². The van der Waals surface area contributed by atoms with E-state index in [0.717, 1.165) is 49.7 Å². The Morgan fingerprint density at radius 2 is 1.97 bits per heavy atom. The predicted octanol–water partition coefficient (Wildman–Crippen LogP) is 4.99. The SMILES string of the molecule is O=C(CCCCCn1c(=S)[nH]c2ccccc2c1=O)N1CCCC1Cc1cccc(F)c1. The first kappa shape index (κ1) is 22.4.